The van der Waals surface area contributed by atoms with Crippen LogP contribution in [0.25, 0.3) is 5.76 Å². The minimum atomic E-state index is -1.19. The molecule has 0 bridgehead atoms. The SMILES string of the molecule is C#C.C=C(OC)c1ccc(CN(/C=C\C)C(C)=N/C=C(\C)N2CC(C)N(CC(C)(C)F)C(C)C2)cc1.CC.CC.CC. The van der Waals surface area contributed by atoms with Crippen LogP contribution < -0.4 is 0 Å². The van der Waals surface area contributed by atoms with Gasteiger partial charge in [0.05, 0.1) is 7.11 Å². The van der Waals surface area contributed by atoms with Crippen molar-refractivity contribution in [2.75, 3.05) is 26.7 Å². The summed E-state index contributed by atoms with van der Waals surface area (Å²) in [6, 6.07) is 8.79. The van der Waals surface area contributed by atoms with Crippen LogP contribution >= 0.6 is 0 Å². The summed E-state index contributed by atoms with van der Waals surface area (Å²) in [5.41, 5.74) is 2.09. The van der Waals surface area contributed by atoms with Crippen LogP contribution in [-0.2, 0) is 11.3 Å². The van der Waals surface area contributed by atoms with Crippen LogP contribution in [0.1, 0.15) is 101 Å². The molecule has 2 unspecified atom stereocenters. The quantitative estimate of drug-likeness (QED) is 0.125. The van der Waals surface area contributed by atoms with Gasteiger partial charge in [0.25, 0.3) is 0 Å². The second-order valence-corrected chi connectivity index (χ2v) is 9.88. The van der Waals surface area contributed by atoms with Gasteiger partial charge in [-0.05, 0) is 54.0 Å². The van der Waals surface area contributed by atoms with Gasteiger partial charge in [-0.1, -0.05) is 78.5 Å². The standard InChI is InChI=1S/C28H43FN4O.3C2H6.C2H2/c1-10-15-31(19-26-11-13-27(14-12-26)24(5)34-9)25(6)30-16-21(2)32-17-22(3)33(23(4)18-32)20-28(7,8)29;4*1-2/h10-16,22-23H,5,17-20H2,1-4,6-9H3;3*1-2H3;1-2H/b15-10-,21-16+,30-25?;;;;. The fourth-order valence-electron chi connectivity index (χ4n) is 4.30. The van der Waals surface area contributed by atoms with Crippen LogP contribution in [0.5, 0.6) is 0 Å². The molecule has 0 N–H and O–H groups in total. The number of ether oxygens (including phenoxy) is 1. The van der Waals surface area contributed by atoms with Gasteiger partial charge in [-0.3, -0.25) is 4.90 Å². The zero-order valence-corrected chi connectivity index (χ0v) is 29.5. The van der Waals surface area contributed by atoms with Crippen LogP contribution in [0, 0.1) is 12.8 Å². The van der Waals surface area contributed by atoms with Crippen molar-refractivity contribution in [2.45, 2.75) is 114 Å². The van der Waals surface area contributed by atoms with Gasteiger partial charge in [0.2, 0.25) is 0 Å². The van der Waals surface area contributed by atoms with E-state index in [9.17, 15) is 4.39 Å². The smallest absolute Gasteiger partial charge is 0.118 e. The Hall–Kier alpha value is -3.04. The number of piperazine rings is 1. The van der Waals surface area contributed by atoms with Crippen molar-refractivity contribution >= 4 is 11.6 Å². The predicted molar refractivity (Wildman–Crippen MR) is 186 cm³/mol. The number of hydrogen-bond donors (Lipinski definition) is 0. The van der Waals surface area contributed by atoms with Crippen LogP contribution in [0.2, 0.25) is 0 Å². The summed E-state index contributed by atoms with van der Waals surface area (Å²) < 4.78 is 19.5. The highest BCUT2D eigenvalue weighted by Gasteiger charge is 2.33. The second kappa shape index (κ2) is 24.5. The molecule has 0 aromatic heterocycles. The highest BCUT2D eigenvalue weighted by Crippen LogP contribution is 2.23. The third kappa shape index (κ3) is 16.4. The minimum Gasteiger partial charge on any atom is -0.497 e. The molecule has 0 spiro atoms. The lowest BCUT2D eigenvalue weighted by molar-refractivity contribution is 0.0145. The molecule has 1 aromatic carbocycles. The summed E-state index contributed by atoms with van der Waals surface area (Å²) >= 11 is 0. The maximum atomic E-state index is 14.2. The summed E-state index contributed by atoms with van der Waals surface area (Å²) in [5, 5.41) is 0. The van der Waals surface area contributed by atoms with Crippen molar-refractivity contribution in [1.29, 1.82) is 0 Å². The van der Waals surface area contributed by atoms with Gasteiger partial charge in [0.1, 0.15) is 17.3 Å². The molecule has 0 saturated carbocycles. The lowest BCUT2D eigenvalue weighted by Gasteiger charge is -2.46. The van der Waals surface area contributed by atoms with Crippen molar-refractivity contribution in [3.05, 3.63) is 66.1 Å². The summed E-state index contributed by atoms with van der Waals surface area (Å²) in [6.07, 6.45) is 14.0. The number of methoxy groups -OCH3 is 1. The number of benzene rings is 1. The Morgan fingerprint density at radius 2 is 1.52 bits per heavy atom. The van der Waals surface area contributed by atoms with Crippen molar-refractivity contribution in [3.8, 4) is 12.8 Å². The molecule has 2 atom stereocenters. The Morgan fingerprint density at radius 3 is 1.93 bits per heavy atom. The average molecular weight is 587 g/mol. The van der Waals surface area contributed by atoms with E-state index in [0.717, 1.165) is 36.7 Å². The lowest BCUT2D eigenvalue weighted by Crippen LogP contribution is -2.58. The third-order valence-corrected chi connectivity index (χ3v) is 6.22. The van der Waals surface area contributed by atoms with Gasteiger partial charge in [0.15, 0.2) is 0 Å². The van der Waals surface area contributed by atoms with Gasteiger partial charge in [-0.25, -0.2) is 9.38 Å². The van der Waals surface area contributed by atoms with Gasteiger partial charge < -0.3 is 14.5 Å². The largest absolute Gasteiger partial charge is 0.497 e. The molecule has 1 fully saturated rings. The first-order valence-corrected chi connectivity index (χ1v) is 15.4. The minimum absolute atomic E-state index is 0.281. The maximum Gasteiger partial charge on any atom is 0.118 e. The molecule has 0 aliphatic carbocycles. The van der Waals surface area contributed by atoms with Crippen LogP contribution in [-0.4, -0.2) is 65.0 Å². The zero-order chi connectivity index (χ0) is 33.5. The third-order valence-electron chi connectivity index (χ3n) is 6.22. The number of amidine groups is 1. The zero-order valence-electron chi connectivity index (χ0n) is 29.5. The lowest BCUT2D eigenvalue weighted by atomic mass is 10.0. The Kier molecular flexibility index (Phi) is 25.4. The molecule has 0 radical (unpaired) electrons. The predicted octanol–water partition coefficient (Wildman–Crippen LogP) is 9.39. The number of halogens is 1. The molecule has 2 rings (SSSR count). The van der Waals surface area contributed by atoms with Gasteiger partial charge >= 0.3 is 0 Å². The Labute approximate surface area is 260 Å². The highest BCUT2D eigenvalue weighted by molar-refractivity contribution is 5.81. The molecular weight excluding hydrogens is 523 g/mol. The maximum absolute atomic E-state index is 14.2. The van der Waals surface area contributed by atoms with E-state index >= 15 is 0 Å². The molecule has 1 aliphatic heterocycles. The molecule has 42 heavy (non-hydrogen) atoms. The number of alkyl halides is 1. The number of aliphatic imine (C=N–C) groups is 1. The van der Waals surface area contributed by atoms with Crippen LogP contribution in [0.3, 0.4) is 0 Å². The number of allylic oxidation sites excluding steroid dienone is 2. The topological polar surface area (TPSA) is 31.3 Å². The monoisotopic (exact) mass is 586 g/mol. The molecular formula is C36H63FN4O. The Bertz CT molecular complexity index is 929. The molecule has 1 heterocycles. The molecule has 6 heteroatoms. The molecule has 1 saturated heterocycles. The van der Waals surface area contributed by atoms with E-state index in [1.165, 1.54) is 5.56 Å². The fourth-order valence-corrected chi connectivity index (χ4v) is 4.30. The van der Waals surface area contributed by atoms with E-state index in [4.69, 9.17) is 9.73 Å². The first-order valence-electron chi connectivity index (χ1n) is 15.4. The summed E-state index contributed by atoms with van der Waals surface area (Å²) in [5.74, 6) is 1.58. The van der Waals surface area contributed by atoms with Crippen molar-refractivity contribution < 1.29 is 9.13 Å². The summed E-state index contributed by atoms with van der Waals surface area (Å²) in [6.45, 7) is 32.6. The summed E-state index contributed by atoms with van der Waals surface area (Å²) in [7, 11) is 1.63. The molecule has 1 aromatic rings. The molecule has 5 nitrogen and oxygen atoms in total. The van der Waals surface area contributed by atoms with E-state index in [0.29, 0.717) is 12.3 Å². The Balaban J connectivity index is -0.00000175. The van der Waals surface area contributed by atoms with E-state index in [1.807, 2.05) is 86.0 Å². The number of nitrogens with zero attached hydrogens (tertiary/aromatic N) is 4. The molecule has 240 valence electrons. The molecule has 1 aliphatic rings. The van der Waals surface area contributed by atoms with Crippen LogP contribution in [0.15, 0.2) is 60.0 Å². The number of rotatable bonds is 9. The number of hydrogen-bond acceptors (Lipinski definition) is 4. The van der Waals surface area contributed by atoms with Gasteiger partial charge in [0, 0.05) is 61.9 Å². The van der Waals surface area contributed by atoms with Gasteiger partial charge in [-0.15, -0.1) is 12.8 Å². The highest BCUT2D eigenvalue weighted by atomic mass is 19.1. The number of terminal acetylenes is 1. The fraction of sp³-hybridized carbons (Fsp3) is 0.583. The van der Waals surface area contributed by atoms with Crippen molar-refractivity contribution in [1.82, 2.24) is 14.7 Å². The molecule has 0 amide bonds. The van der Waals surface area contributed by atoms with E-state index < -0.39 is 5.67 Å². The average Bonchev–Trinajstić information content (AvgIpc) is 3.00. The van der Waals surface area contributed by atoms with Crippen molar-refractivity contribution in [3.63, 3.8) is 0 Å². The summed E-state index contributed by atoms with van der Waals surface area (Å²) in [4.78, 5) is 11.6. The van der Waals surface area contributed by atoms with Crippen LogP contribution in [0.4, 0.5) is 4.39 Å². The normalized spacial score (nSPS) is 17.2. The Morgan fingerprint density at radius 1 is 1.05 bits per heavy atom. The van der Waals surface area contributed by atoms with E-state index in [2.05, 4.69) is 67.0 Å². The first kappa shape index (κ1) is 43.4. The van der Waals surface area contributed by atoms with Gasteiger partial charge in [-0.2, -0.15) is 0 Å². The van der Waals surface area contributed by atoms with Crippen molar-refractivity contribution in [2.24, 2.45) is 4.99 Å². The van der Waals surface area contributed by atoms with E-state index in [1.54, 1.807) is 21.0 Å². The first-order chi connectivity index (χ1) is 19.9. The van der Waals surface area contributed by atoms with E-state index in [-0.39, 0.29) is 12.1 Å². The second-order valence-electron chi connectivity index (χ2n) is 9.88.